The van der Waals surface area contributed by atoms with Crippen molar-refractivity contribution in [1.82, 2.24) is 5.32 Å². The summed E-state index contributed by atoms with van der Waals surface area (Å²) in [5.41, 5.74) is 1.08. The van der Waals surface area contributed by atoms with E-state index in [2.05, 4.69) is 5.32 Å². The Hall–Kier alpha value is -2.31. The van der Waals surface area contributed by atoms with Crippen LogP contribution in [0.1, 0.15) is 25.3 Å². The summed E-state index contributed by atoms with van der Waals surface area (Å²) in [4.78, 5) is 23.6. The lowest BCUT2D eigenvalue weighted by atomic mass is 10.2. The van der Waals surface area contributed by atoms with Gasteiger partial charge in [0.1, 0.15) is 35.9 Å². The molecule has 2 aromatic rings. The number of quaternary nitrogens is 1. The number of hydrogen-bond donors (Lipinski definition) is 1. The standard InChI is InChI=1S/C20H22N2O3S/c1-16(23)21-15-26-22(13-5-8-20(22)24)14-17-9-11-19(12-10-17)25-18-6-3-2-4-7-18/h2-4,6-7,9-12H,5,8,13-15H2,1H3/p+1. The van der Waals surface area contributed by atoms with Crippen molar-refractivity contribution in [3.63, 3.8) is 0 Å². The summed E-state index contributed by atoms with van der Waals surface area (Å²) in [7, 11) is 0. The Morgan fingerprint density at radius 3 is 2.42 bits per heavy atom. The van der Waals surface area contributed by atoms with Gasteiger partial charge in [-0.3, -0.25) is 4.79 Å². The van der Waals surface area contributed by atoms with Crippen LogP contribution in [0.2, 0.25) is 0 Å². The monoisotopic (exact) mass is 371 g/mol. The van der Waals surface area contributed by atoms with Gasteiger partial charge in [-0.15, -0.1) is 0 Å². The Morgan fingerprint density at radius 2 is 1.81 bits per heavy atom. The quantitative estimate of drug-likeness (QED) is 0.456. The lowest BCUT2D eigenvalue weighted by Gasteiger charge is -2.28. The molecule has 0 spiro atoms. The van der Waals surface area contributed by atoms with E-state index in [4.69, 9.17) is 4.74 Å². The average molecular weight is 371 g/mol. The second-order valence-electron chi connectivity index (χ2n) is 6.33. The molecule has 0 radical (unpaired) electrons. The van der Waals surface area contributed by atoms with E-state index in [1.165, 1.54) is 18.9 Å². The van der Waals surface area contributed by atoms with Gasteiger partial charge in [0.25, 0.3) is 0 Å². The topological polar surface area (TPSA) is 55.4 Å². The fourth-order valence-electron chi connectivity index (χ4n) is 3.00. The number of rotatable bonds is 7. The van der Waals surface area contributed by atoms with Gasteiger partial charge in [0, 0.05) is 18.9 Å². The number of nitrogens with zero attached hydrogens (tertiary/aromatic N) is 1. The predicted molar refractivity (Wildman–Crippen MR) is 102 cm³/mol. The SMILES string of the molecule is CC(=O)NCS[N+]1(Cc2ccc(Oc3ccccc3)cc2)CCCC1=O. The molecule has 1 saturated heterocycles. The molecule has 2 aromatic carbocycles. The first-order valence-corrected chi connectivity index (χ1v) is 9.63. The highest BCUT2D eigenvalue weighted by molar-refractivity contribution is 7.94. The van der Waals surface area contributed by atoms with Crippen molar-refractivity contribution < 1.29 is 18.2 Å². The first kappa shape index (κ1) is 18.5. The zero-order valence-electron chi connectivity index (χ0n) is 14.8. The summed E-state index contributed by atoms with van der Waals surface area (Å²) < 4.78 is 6.15. The Balaban J connectivity index is 1.67. The molecule has 3 rings (SSSR count). The third kappa shape index (κ3) is 4.65. The molecule has 0 bridgehead atoms. The van der Waals surface area contributed by atoms with E-state index < -0.39 is 0 Å². The molecule has 136 valence electrons. The highest BCUT2D eigenvalue weighted by atomic mass is 32.2. The molecule has 0 aromatic heterocycles. The maximum absolute atomic E-state index is 12.5. The van der Waals surface area contributed by atoms with Gasteiger partial charge < -0.3 is 10.1 Å². The van der Waals surface area contributed by atoms with Crippen LogP contribution in [-0.4, -0.2) is 28.1 Å². The van der Waals surface area contributed by atoms with Crippen molar-refractivity contribution in [1.29, 1.82) is 0 Å². The van der Waals surface area contributed by atoms with Gasteiger partial charge in [0.2, 0.25) is 5.91 Å². The Morgan fingerprint density at radius 1 is 1.12 bits per heavy atom. The smallest absolute Gasteiger partial charge is 0.325 e. The third-order valence-corrected chi connectivity index (χ3v) is 5.62. The number of carbonyl (C=O) groups excluding carboxylic acids is 2. The normalized spacial score (nSPS) is 19.3. The number of amides is 2. The zero-order valence-corrected chi connectivity index (χ0v) is 15.6. The Bertz CT molecular complexity index is 764. The lowest BCUT2D eigenvalue weighted by molar-refractivity contribution is -0.721. The van der Waals surface area contributed by atoms with Gasteiger partial charge >= 0.3 is 5.91 Å². The molecule has 1 atom stereocenters. The molecule has 0 aliphatic carbocycles. The zero-order chi connectivity index (χ0) is 18.4. The van der Waals surface area contributed by atoms with Gasteiger partial charge in [-0.05, 0) is 36.4 Å². The predicted octanol–water partition coefficient (Wildman–Crippen LogP) is 3.86. The maximum atomic E-state index is 12.5. The molecular weight excluding hydrogens is 348 g/mol. The Kier molecular flexibility index (Phi) is 5.96. The maximum Gasteiger partial charge on any atom is 0.325 e. The van der Waals surface area contributed by atoms with Crippen LogP contribution in [0.4, 0.5) is 0 Å². The minimum absolute atomic E-state index is 0.0790. The minimum Gasteiger partial charge on any atom is -0.457 e. The summed E-state index contributed by atoms with van der Waals surface area (Å²) in [5, 5.41) is 2.78. The van der Waals surface area contributed by atoms with E-state index in [1.54, 1.807) is 0 Å². The van der Waals surface area contributed by atoms with E-state index in [9.17, 15) is 9.59 Å². The van der Waals surface area contributed by atoms with Crippen molar-refractivity contribution >= 4 is 23.8 Å². The van der Waals surface area contributed by atoms with E-state index in [0.717, 1.165) is 30.0 Å². The first-order valence-electron chi connectivity index (χ1n) is 8.69. The van der Waals surface area contributed by atoms with Gasteiger partial charge in [-0.1, -0.05) is 18.2 Å². The van der Waals surface area contributed by atoms with Gasteiger partial charge in [-0.2, -0.15) is 3.89 Å². The second kappa shape index (κ2) is 8.38. The summed E-state index contributed by atoms with van der Waals surface area (Å²) in [5.74, 6) is 2.15. The van der Waals surface area contributed by atoms with Gasteiger partial charge in [0.15, 0.2) is 0 Å². The van der Waals surface area contributed by atoms with Crippen LogP contribution in [0.15, 0.2) is 54.6 Å². The Labute approximate surface area is 158 Å². The number of para-hydroxylation sites is 1. The van der Waals surface area contributed by atoms with E-state index in [1.807, 2.05) is 54.6 Å². The molecule has 1 unspecified atom stereocenters. The molecule has 1 fully saturated rings. The average Bonchev–Trinajstić information content (AvgIpc) is 2.98. The van der Waals surface area contributed by atoms with Crippen molar-refractivity contribution in [2.75, 3.05) is 12.4 Å². The minimum atomic E-state index is -0.0790. The number of carbonyl (C=O) groups is 2. The molecule has 6 heteroatoms. The van der Waals surface area contributed by atoms with Crippen LogP contribution in [0.5, 0.6) is 11.5 Å². The summed E-state index contributed by atoms with van der Waals surface area (Å²) in [6.07, 6.45) is 1.49. The van der Waals surface area contributed by atoms with E-state index in [0.29, 0.717) is 22.7 Å². The van der Waals surface area contributed by atoms with Crippen molar-refractivity contribution in [2.24, 2.45) is 0 Å². The first-order chi connectivity index (χ1) is 12.6. The van der Waals surface area contributed by atoms with Crippen LogP contribution in [0.3, 0.4) is 0 Å². The van der Waals surface area contributed by atoms with E-state index >= 15 is 0 Å². The van der Waals surface area contributed by atoms with E-state index in [-0.39, 0.29) is 11.8 Å². The number of likely N-dealkylation sites (tertiary alicyclic amines) is 1. The number of hydrogen-bond acceptors (Lipinski definition) is 4. The van der Waals surface area contributed by atoms with Gasteiger partial charge in [-0.25, -0.2) is 4.79 Å². The molecule has 26 heavy (non-hydrogen) atoms. The number of benzene rings is 2. The molecule has 5 nitrogen and oxygen atoms in total. The van der Waals surface area contributed by atoms with Crippen LogP contribution < -0.4 is 10.1 Å². The molecule has 1 N–H and O–H groups in total. The van der Waals surface area contributed by atoms with Crippen LogP contribution >= 0.6 is 11.9 Å². The third-order valence-electron chi connectivity index (χ3n) is 4.34. The van der Waals surface area contributed by atoms with Crippen LogP contribution in [-0.2, 0) is 16.1 Å². The molecule has 1 aliphatic heterocycles. The largest absolute Gasteiger partial charge is 0.457 e. The van der Waals surface area contributed by atoms with Crippen molar-refractivity contribution in [2.45, 2.75) is 26.3 Å². The summed E-state index contributed by atoms with van der Waals surface area (Å²) in [6, 6.07) is 17.5. The molecular formula is C20H23N2O3S+. The highest BCUT2D eigenvalue weighted by Crippen LogP contribution is 2.34. The number of ether oxygens (including phenoxy) is 1. The molecule has 2 amide bonds. The fraction of sp³-hybridized carbons (Fsp3) is 0.300. The highest BCUT2D eigenvalue weighted by Gasteiger charge is 2.43. The fourth-order valence-corrected chi connectivity index (χ4v) is 4.25. The molecule has 1 aliphatic rings. The summed E-state index contributed by atoms with van der Waals surface area (Å²) >= 11 is 1.49. The summed E-state index contributed by atoms with van der Waals surface area (Å²) in [6.45, 7) is 2.90. The van der Waals surface area contributed by atoms with Crippen LogP contribution in [0.25, 0.3) is 0 Å². The molecule has 0 saturated carbocycles. The number of nitrogens with one attached hydrogen (secondary N) is 1. The van der Waals surface area contributed by atoms with Crippen molar-refractivity contribution in [3.05, 3.63) is 60.2 Å². The lowest BCUT2D eigenvalue weighted by Crippen LogP contribution is -2.43. The van der Waals surface area contributed by atoms with Gasteiger partial charge in [0.05, 0.1) is 13.0 Å². The molecule has 1 heterocycles. The van der Waals surface area contributed by atoms with Crippen molar-refractivity contribution in [3.8, 4) is 11.5 Å². The second-order valence-corrected chi connectivity index (χ2v) is 7.58. The van der Waals surface area contributed by atoms with Crippen LogP contribution in [0, 0.1) is 0 Å².